The summed E-state index contributed by atoms with van der Waals surface area (Å²) in [5.41, 5.74) is 1.08. The van der Waals surface area contributed by atoms with E-state index in [-0.39, 0.29) is 5.69 Å². The third-order valence-electron chi connectivity index (χ3n) is 2.58. The summed E-state index contributed by atoms with van der Waals surface area (Å²) < 4.78 is 5.32. The van der Waals surface area contributed by atoms with Crippen LogP contribution in [0.2, 0.25) is 0 Å². The fourth-order valence-electron chi connectivity index (χ4n) is 1.78. The molecule has 0 amide bonds. The molecule has 0 saturated heterocycles. The third-order valence-corrected chi connectivity index (χ3v) is 3.36. The molecule has 1 aromatic rings. The summed E-state index contributed by atoms with van der Waals surface area (Å²) >= 11 is 3.61. The number of ether oxygens (including phenoxy) is 1. The van der Waals surface area contributed by atoms with Crippen molar-refractivity contribution in [2.75, 3.05) is 6.61 Å². The van der Waals surface area contributed by atoms with Crippen molar-refractivity contribution >= 4 is 21.6 Å². The molecule has 0 fully saturated rings. The zero-order chi connectivity index (χ0) is 13.5. The van der Waals surface area contributed by atoms with Gasteiger partial charge in [-0.3, -0.25) is 10.1 Å². The van der Waals surface area contributed by atoms with Gasteiger partial charge in [0.05, 0.1) is 11.5 Å². The summed E-state index contributed by atoms with van der Waals surface area (Å²) in [4.78, 5) is 10.8. The van der Waals surface area contributed by atoms with Gasteiger partial charge in [0, 0.05) is 10.9 Å². The summed E-state index contributed by atoms with van der Waals surface area (Å²) in [7, 11) is 0. The molecule has 100 valence electrons. The number of halogens is 1. The quantitative estimate of drug-likeness (QED) is 0.432. The Morgan fingerprint density at radius 2 is 2.17 bits per heavy atom. The van der Waals surface area contributed by atoms with Crippen molar-refractivity contribution in [3.8, 4) is 5.75 Å². The Morgan fingerprint density at radius 1 is 1.44 bits per heavy atom. The van der Waals surface area contributed by atoms with E-state index in [1.807, 2.05) is 6.92 Å². The van der Waals surface area contributed by atoms with Gasteiger partial charge in [-0.2, -0.15) is 0 Å². The number of benzene rings is 1. The van der Waals surface area contributed by atoms with Gasteiger partial charge in [0.15, 0.2) is 5.75 Å². The fourth-order valence-corrected chi connectivity index (χ4v) is 2.61. The van der Waals surface area contributed by atoms with Crippen molar-refractivity contribution in [1.29, 1.82) is 0 Å². The maximum absolute atomic E-state index is 10.8. The molecule has 0 radical (unpaired) electrons. The number of hydrogen-bond donors (Lipinski definition) is 0. The Balaban J connectivity index is 2.88. The number of nitro groups is 1. The molecule has 0 spiro atoms. The highest BCUT2D eigenvalue weighted by Crippen LogP contribution is 2.29. The summed E-state index contributed by atoms with van der Waals surface area (Å²) in [6.07, 6.45) is 3.05. The number of hydrogen-bond acceptors (Lipinski definition) is 3. The summed E-state index contributed by atoms with van der Waals surface area (Å²) in [5.74, 6) is 0.358. The maximum Gasteiger partial charge on any atom is 0.310 e. The minimum Gasteiger partial charge on any atom is -0.487 e. The zero-order valence-electron chi connectivity index (χ0n) is 10.7. The van der Waals surface area contributed by atoms with Crippen molar-refractivity contribution in [3.63, 3.8) is 0 Å². The van der Waals surface area contributed by atoms with E-state index in [9.17, 15) is 10.1 Å². The van der Waals surface area contributed by atoms with E-state index >= 15 is 0 Å². The van der Waals surface area contributed by atoms with Crippen LogP contribution in [-0.4, -0.2) is 16.4 Å². The second kappa shape index (κ2) is 7.36. The molecule has 18 heavy (non-hydrogen) atoms. The van der Waals surface area contributed by atoms with Crippen LogP contribution in [0.25, 0.3) is 0 Å². The average Bonchev–Trinajstić information content (AvgIpc) is 2.29. The lowest BCUT2D eigenvalue weighted by Crippen LogP contribution is -2.04. The molecular weight excluding hydrogens is 298 g/mol. The van der Waals surface area contributed by atoms with Gasteiger partial charge in [-0.1, -0.05) is 35.3 Å². The normalized spacial score (nSPS) is 12.2. The predicted molar refractivity (Wildman–Crippen MR) is 75.6 cm³/mol. The topological polar surface area (TPSA) is 52.4 Å². The molecule has 0 aliphatic carbocycles. The van der Waals surface area contributed by atoms with Crippen LogP contribution in [-0.2, 0) is 6.42 Å². The molecule has 0 aromatic heterocycles. The van der Waals surface area contributed by atoms with Gasteiger partial charge in [-0.05, 0) is 31.4 Å². The van der Waals surface area contributed by atoms with Gasteiger partial charge in [0.1, 0.15) is 0 Å². The fraction of sp³-hybridized carbons (Fsp3) is 0.538. The maximum atomic E-state index is 10.8. The van der Waals surface area contributed by atoms with Gasteiger partial charge in [-0.25, -0.2) is 0 Å². The van der Waals surface area contributed by atoms with E-state index in [2.05, 4.69) is 22.9 Å². The third kappa shape index (κ3) is 4.29. The predicted octanol–water partition coefficient (Wildman–Crippen LogP) is 4.10. The lowest BCUT2D eigenvalue weighted by molar-refractivity contribution is -0.385. The Hall–Kier alpha value is -1.10. The van der Waals surface area contributed by atoms with Crippen molar-refractivity contribution in [2.24, 2.45) is 0 Å². The highest BCUT2D eigenvalue weighted by atomic mass is 79.9. The number of nitro benzene ring substituents is 1. The SMILES string of the molecule is CCCC(Br)Cc1ccc([N+](=O)[O-])c(OCC)c1. The first kappa shape index (κ1) is 15.0. The van der Waals surface area contributed by atoms with E-state index in [0.29, 0.717) is 17.2 Å². The van der Waals surface area contributed by atoms with Crippen LogP contribution >= 0.6 is 15.9 Å². The Labute approximate surface area is 116 Å². The van der Waals surface area contributed by atoms with Crippen molar-refractivity contribution < 1.29 is 9.66 Å². The molecule has 1 unspecified atom stereocenters. The molecule has 0 N–H and O–H groups in total. The van der Waals surface area contributed by atoms with Crippen LogP contribution in [0.3, 0.4) is 0 Å². The van der Waals surface area contributed by atoms with Crippen LogP contribution in [0.5, 0.6) is 5.75 Å². The highest BCUT2D eigenvalue weighted by molar-refractivity contribution is 9.09. The first-order valence-corrected chi connectivity index (χ1v) is 7.04. The zero-order valence-corrected chi connectivity index (χ0v) is 12.3. The second-order valence-electron chi connectivity index (χ2n) is 4.08. The molecular formula is C13H18BrNO3. The van der Waals surface area contributed by atoms with Gasteiger partial charge >= 0.3 is 5.69 Å². The first-order valence-electron chi connectivity index (χ1n) is 6.12. The molecule has 0 aliphatic heterocycles. The minimum atomic E-state index is -0.410. The van der Waals surface area contributed by atoms with Gasteiger partial charge < -0.3 is 4.74 Å². The van der Waals surface area contributed by atoms with Gasteiger partial charge in [0.2, 0.25) is 0 Å². The van der Waals surface area contributed by atoms with Crippen molar-refractivity contribution in [1.82, 2.24) is 0 Å². The van der Waals surface area contributed by atoms with Crippen LogP contribution in [0, 0.1) is 10.1 Å². The lowest BCUT2D eigenvalue weighted by atomic mass is 10.1. The molecule has 0 bridgehead atoms. The van der Waals surface area contributed by atoms with E-state index in [0.717, 1.165) is 24.8 Å². The van der Waals surface area contributed by atoms with Crippen molar-refractivity contribution in [2.45, 2.75) is 37.9 Å². The molecule has 1 rings (SSSR count). The smallest absolute Gasteiger partial charge is 0.310 e. The summed E-state index contributed by atoms with van der Waals surface area (Å²) in [5, 5.41) is 10.8. The standard InChI is InChI=1S/C13H18BrNO3/c1-3-5-11(14)8-10-6-7-12(15(16)17)13(9-10)18-4-2/h6-7,9,11H,3-5,8H2,1-2H3. The highest BCUT2D eigenvalue weighted by Gasteiger charge is 2.16. The average molecular weight is 316 g/mol. The summed E-state index contributed by atoms with van der Waals surface area (Å²) in [6.45, 7) is 4.38. The van der Waals surface area contributed by atoms with E-state index in [1.165, 1.54) is 6.07 Å². The molecule has 5 heteroatoms. The largest absolute Gasteiger partial charge is 0.487 e. The van der Waals surface area contributed by atoms with Crippen LogP contribution in [0.4, 0.5) is 5.69 Å². The molecule has 0 heterocycles. The van der Waals surface area contributed by atoms with Crippen LogP contribution < -0.4 is 4.74 Å². The Morgan fingerprint density at radius 3 is 2.72 bits per heavy atom. The monoisotopic (exact) mass is 315 g/mol. The van der Waals surface area contributed by atoms with Gasteiger partial charge in [-0.15, -0.1) is 0 Å². The second-order valence-corrected chi connectivity index (χ2v) is 5.38. The van der Waals surface area contributed by atoms with E-state index in [4.69, 9.17) is 4.74 Å². The molecule has 0 aliphatic rings. The van der Waals surface area contributed by atoms with Crippen LogP contribution in [0.15, 0.2) is 18.2 Å². The summed E-state index contributed by atoms with van der Waals surface area (Å²) in [6, 6.07) is 5.09. The number of rotatable bonds is 7. The van der Waals surface area contributed by atoms with E-state index < -0.39 is 4.92 Å². The minimum absolute atomic E-state index is 0.0298. The first-order chi connectivity index (χ1) is 8.58. The lowest BCUT2D eigenvalue weighted by Gasteiger charge is -2.10. The van der Waals surface area contributed by atoms with Crippen LogP contribution in [0.1, 0.15) is 32.3 Å². The number of alkyl halides is 1. The molecule has 0 saturated carbocycles. The van der Waals surface area contributed by atoms with Gasteiger partial charge in [0.25, 0.3) is 0 Å². The molecule has 4 nitrogen and oxygen atoms in total. The Kier molecular flexibility index (Phi) is 6.12. The Bertz CT molecular complexity index is 409. The van der Waals surface area contributed by atoms with Crippen molar-refractivity contribution in [3.05, 3.63) is 33.9 Å². The molecule has 1 aromatic carbocycles. The number of nitrogens with zero attached hydrogens (tertiary/aromatic N) is 1. The van der Waals surface area contributed by atoms with E-state index in [1.54, 1.807) is 12.1 Å². The molecule has 1 atom stereocenters.